The van der Waals surface area contributed by atoms with E-state index in [1.165, 1.54) is 6.07 Å². The maximum atomic E-state index is 12.4. The van der Waals surface area contributed by atoms with Crippen LogP contribution in [0, 0.1) is 0 Å². The number of hydrogen-bond acceptors (Lipinski definition) is 11. The van der Waals surface area contributed by atoms with Gasteiger partial charge in [-0.3, -0.25) is 26.5 Å². The van der Waals surface area contributed by atoms with Crippen molar-refractivity contribution in [2.75, 3.05) is 26.3 Å². The summed E-state index contributed by atoms with van der Waals surface area (Å²) in [7, 11) is 0. The monoisotopic (exact) mass is 454 g/mol. The lowest BCUT2D eigenvalue weighted by atomic mass is 10.0. The molecular formula is C19H30N6O7. The first-order chi connectivity index (χ1) is 15.3. The van der Waals surface area contributed by atoms with Crippen molar-refractivity contribution in [1.82, 2.24) is 26.4 Å². The van der Waals surface area contributed by atoms with Crippen LogP contribution in [-0.2, 0) is 9.53 Å². The van der Waals surface area contributed by atoms with E-state index in [9.17, 15) is 19.5 Å². The number of unbranched alkanes of at least 4 members (excludes halogenated alkanes) is 1. The highest BCUT2D eigenvalue weighted by atomic mass is 16.6. The summed E-state index contributed by atoms with van der Waals surface area (Å²) in [4.78, 5) is 35.7. The minimum atomic E-state index is -2.36. The van der Waals surface area contributed by atoms with Gasteiger partial charge in [0.1, 0.15) is 6.29 Å². The molecule has 2 rings (SSSR count). The summed E-state index contributed by atoms with van der Waals surface area (Å²) in [6.07, 6.45) is 4.08. The topological polar surface area (TPSA) is 190 Å². The third-order valence-electron chi connectivity index (χ3n) is 4.38. The second kappa shape index (κ2) is 12.6. The number of carbonyl (C=O) groups excluding carboxylic acids is 2. The number of nitrogens with zero attached hydrogens (tertiary/aromatic N) is 1. The van der Waals surface area contributed by atoms with Gasteiger partial charge in [-0.25, -0.2) is 9.59 Å². The van der Waals surface area contributed by atoms with Crippen LogP contribution in [0.3, 0.4) is 0 Å². The molecule has 1 aliphatic heterocycles. The van der Waals surface area contributed by atoms with Crippen LogP contribution in [0.1, 0.15) is 43.2 Å². The molecule has 2 atom stereocenters. The van der Waals surface area contributed by atoms with E-state index in [1.54, 1.807) is 0 Å². The predicted molar refractivity (Wildman–Crippen MR) is 112 cm³/mol. The second-order valence-electron chi connectivity index (χ2n) is 7.09. The molecule has 0 aliphatic carbocycles. The Hall–Kier alpha value is -3.16. The van der Waals surface area contributed by atoms with Crippen LogP contribution in [0.25, 0.3) is 0 Å². The lowest BCUT2D eigenvalue weighted by Crippen LogP contribution is -2.62. The fourth-order valence-electron chi connectivity index (χ4n) is 2.59. The molecule has 0 spiro atoms. The smallest absolute Gasteiger partial charge is 0.409 e. The number of rotatable bonds is 14. The van der Waals surface area contributed by atoms with Gasteiger partial charge in [0.05, 0.1) is 25.7 Å². The number of ketones is 1. The van der Waals surface area contributed by atoms with Crippen LogP contribution in [0.15, 0.2) is 22.9 Å². The maximum Gasteiger partial charge on any atom is 0.409 e. The first kappa shape index (κ1) is 25.1. The lowest BCUT2D eigenvalue weighted by Gasteiger charge is -2.24. The number of ether oxygens (including phenoxy) is 2. The van der Waals surface area contributed by atoms with Crippen molar-refractivity contribution >= 4 is 17.8 Å². The number of amides is 1. The quantitative estimate of drug-likeness (QED) is 0.124. The zero-order valence-corrected chi connectivity index (χ0v) is 17.9. The summed E-state index contributed by atoms with van der Waals surface area (Å²) < 4.78 is 15.2. The van der Waals surface area contributed by atoms with Gasteiger partial charge in [0.25, 0.3) is 5.88 Å². The van der Waals surface area contributed by atoms with E-state index < -0.39 is 29.9 Å². The Labute approximate surface area is 185 Å². The Morgan fingerprint density at radius 3 is 2.88 bits per heavy atom. The summed E-state index contributed by atoms with van der Waals surface area (Å²) in [6, 6.07) is 1.24. The van der Waals surface area contributed by atoms with Crippen molar-refractivity contribution < 1.29 is 33.5 Å². The van der Waals surface area contributed by atoms with Gasteiger partial charge >= 0.3 is 12.1 Å². The largest absolute Gasteiger partial charge is 0.478 e. The zero-order valence-electron chi connectivity index (χ0n) is 17.9. The highest BCUT2D eigenvalue weighted by Crippen LogP contribution is 2.16. The van der Waals surface area contributed by atoms with Crippen molar-refractivity contribution in [3.05, 3.63) is 24.1 Å². The third kappa shape index (κ3) is 8.17. The molecule has 13 heteroatoms. The number of aromatic nitrogens is 1. The molecular weight excluding hydrogens is 424 g/mol. The van der Waals surface area contributed by atoms with Crippen molar-refractivity contribution in [2.45, 2.75) is 44.6 Å². The number of carboxylic acid groups (broad SMARTS) is 1. The molecule has 2 unspecified atom stereocenters. The molecule has 0 fully saturated rings. The number of hydrogen-bond donors (Lipinski definition) is 6. The minimum absolute atomic E-state index is 0.0143. The van der Waals surface area contributed by atoms with Crippen LogP contribution in [0.2, 0.25) is 0 Å². The van der Waals surface area contributed by atoms with Crippen LogP contribution < -0.4 is 31.7 Å². The van der Waals surface area contributed by atoms with Crippen molar-refractivity contribution in [3.8, 4) is 5.88 Å². The summed E-state index contributed by atoms with van der Waals surface area (Å²) in [5.41, 5.74) is 3.35. The van der Waals surface area contributed by atoms with Gasteiger partial charge < -0.3 is 24.4 Å². The Morgan fingerprint density at radius 1 is 1.38 bits per heavy atom. The number of Topliss-reactive ketones (excluding diaryl/α,β-unsaturated/α-hetero) is 1. The van der Waals surface area contributed by atoms with Crippen LogP contribution in [0.4, 0.5) is 4.79 Å². The summed E-state index contributed by atoms with van der Waals surface area (Å²) in [5.74, 6) is -2.53. The first-order valence-corrected chi connectivity index (χ1v) is 10.3. The van der Waals surface area contributed by atoms with Crippen molar-refractivity contribution in [3.63, 3.8) is 0 Å². The Balaban J connectivity index is 1.78. The number of nitrogens with two attached hydrogens (primary N) is 1. The Kier molecular flexibility index (Phi) is 9.91. The summed E-state index contributed by atoms with van der Waals surface area (Å²) in [5, 5.41) is 24.6. The fraction of sp³-hybridized carbons (Fsp3) is 0.579. The second-order valence-corrected chi connectivity index (χ2v) is 7.09. The number of carbonyl (C=O) groups is 3. The third-order valence-corrected chi connectivity index (χ3v) is 4.38. The lowest BCUT2D eigenvalue weighted by molar-refractivity contribution is -0.144. The Bertz CT molecular complexity index is 799. The maximum absolute atomic E-state index is 12.4. The zero-order chi connectivity index (χ0) is 23.4. The van der Waals surface area contributed by atoms with Crippen LogP contribution in [-0.4, -0.2) is 66.4 Å². The molecule has 13 nitrogen and oxygen atoms in total. The van der Waals surface area contributed by atoms with E-state index in [-0.39, 0.29) is 24.5 Å². The summed E-state index contributed by atoms with van der Waals surface area (Å²) in [6.45, 7) is 3.77. The van der Waals surface area contributed by atoms with Gasteiger partial charge in [0.15, 0.2) is 5.66 Å². The number of nitrogens with one attached hydrogen (secondary N) is 4. The molecule has 0 saturated heterocycles. The van der Waals surface area contributed by atoms with Gasteiger partial charge in [-0.15, -0.1) is 0 Å². The van der Waals surface area contributed by atoms with E-state index in [0.717, 1.165) is 13.0 Å². The average molecular weight is 454 g/mol. The van der Waals surface area contributed by atoms with E-state index in [4.69, 9.17) is 19.7 Å². The molecule has 2 heterocycles. The molecule has 1 aromatic heterocycles. The molecule has 0 bridgehead atoms. The molecule has 1 amide bonds. The molecule has 32 heavy (non-hydrogen) atoms. The predicted octanol–water partition coefficient (Wildman–Crippen LogP) is -0.138. The highest BCUT2D eigenvalue weighted by molar-refractivity contribution is 5.98. The normalized spacial score (nSPS) is 17.1. The minimum Gasteiger partial charge on any atom is -0.478 e. The summed E-state index contributed by atoms with van der Waals surface area (Å²) >= 11 is 0. The van der Waals surface area contributed by atoms with Gasteiger partial charge in [-0.1, -0.05) is 19.4 Å². The number of aliphatic carboxylic acids is 1. The molecule has 0 aromatic carbocycles. The van der Waals surface area contributed by atoms with Gasteiger partial charge in [-0.05, 0) is 24.2 Å². The first-order valence-electron chi connectivity index (χ1n) is 10.3. The van der Waals surface area contributed by atoms with Crippen molar-refractivity contribution in [2.24, 2.45) is 5.73 Å². The van der Waals surface area contributed by atoms with E-state index in [0.29, 0.717) is 26.0 Å². The van der Waals surface area contributed by atoms with E-state index in [1.807, 2.05) is 24.5 Å². The van der Waals surface area contributed by atoms with Crippen molar-refractivity contribution in [1.29, 1.82) is 0 Å². The molecule has 0 saturated carbocycles. The van der Waals surface area contributed by atoms with Crippen LogP contribution >= 0.6 is 0 Å². The van der Waals surface area contributed by atoms with Gasteiger partial charge in [0.2, 0.25) is 11.5 Å². The van der Waals surface area contributed by atoms with E-state index >= 15 is 0 Å². The SMILES string of the molecule is CCCCOC(=O)NC(N)(CC(=O)c1cc(OCCCNC2NC=CCN2)no1)C(=O)O. The average Bonchev–Trinajstić information content (AvgIpc) is 3.23. The number of carboxylic acids is 1. The fourth-order valence-corrected chi connectivity index (χ4v) is 2.59. The van der Waals surface area contributed by atoms with E-state index in [2.05, 4.69) is 21.1 Å². The molecule has 178 valence electrons. The Morgan fingerprint density at radius 2 is 2.19 bits per heavy atom. The van der Waals surface area contributed by atoms with Gasteiger partial charge in [-0.2, -0.15) is 0 Å². The van der Waals surface area contributed by atoms with Gasteiger partial charge in [0, 0.05) is 13.1 Å². The highest BCUT2D eigenvalue weighted by Gasteiger charge is 2.40. The van der Waals surface area contributed by atoms with Crippen LogP contribution in [0.5, 0.6) is 5.88 Å². The molecule has 0 radical (unpaired) electrons. The number of alkyl carbamates (subject to hydrolysis) is 1. The molecule has 1 aromatic rings. The molecule has 7 N–H and O–H groups in total. The molecule has 1 aliphatic rings. The standard InChI is InChI=1S/C19H30N6O7/c1-2-3-9-31-18(29)24-19(20,16(27)28)12-13(26)14-11-15(25-32-14)30-10-5-8-23-17-21-6-4-7-22-17/h4,6,11,17,21-23H,2-3,5,7-10,12,20H2,1H3,(H,24,29)(H,27,28).